The zero-order valence-electron chi connectivity index (χ0n) is 13.1. The van der Waals surface area contributed by atoms with Gasteiger partial charge in [0.1, 0.15) is 11.4 Å². The number of hydrogen-bond donors (Lipinski definition) is 2. The highest BCUT2D eigenvalue weighted by Gasteiger charge is 2.38. The van der Waals surface area contributed by atoms with Gasteiger partial charge in [-0.2, -0.15) is 0 Å². The van der Waals surface area contributed by atoms with Gasteiger partial charge in [-0.1, -0.05) is 6.07 Å². The van der Waals surface area contributed by atoms with Crippen LogP contribution in [0, 0.1) is 5.92 Å². The van der Waals surface area contributed by atoms with Gasteiger partial charge in [-0.15, -0.1) is 0 Å². The summed E-state index contributed by atoms with van der Waals surface area (Å²) in [5.74, 6) is 1.80. The number of nitrogens with two attached hydrogens (primary N) is 1. The van der Waals surface area contributed by atoms with Crippen molar-refractivity contribution in [3.05, 3.63) is 23.8 Å². The molecular formula is C16H24N2O3. The molecule has 1 aliphatic rings. The maximum absolute atomic E-state index is 11.8. The van der Waals surface area contributed by atoms with Crippen molar-refractivity contribution in [3.63, 3.8) is 0 Å². The van der Waals surface area contributed by atoms with E-state index < -0.39 is 11.7 Å². The first-order valence-corrected chi connectivity index (χ1v) is 7.22. The van der Waals surface area contributed by atoms with Crippen molar-refractivity contribution < 1.29 is 14.3 Å². The molecule has 1 amide bonds. The Bertz CT molecular complexity index is 523. The fourth-order valence-electron chi connectivity index (χ4n) is 2.41. The van der Waals surface area contributed by atoms with E-state index in [-0.39, 0.29) is 0 Å². The molecule has 0 aromatic heterocycles. The minimum atomic E-state index is -0.517. The second-order valence-corrected chi connectivity index (χ2v) is 6.42. The van der Waals surface area contributed by atoms with Gasteiger partial charge in [-0.3, -0.25) is 5.32 Å². The molecule has 0 bridgehead atoms. The molecule has 0 spiro atoms. The Morgan fingerprint density at radius 2 is 2.14 bits per heavy atom. The lowest BCUT2D eigenvalue weighted by molar-refractivity contribution is 0.0636. The van der Waals surface area contributed by atoms with Crippen LogP contribution in [-0.2, 0) is 4.74 Å². The van der Waals surface area contributed by atoms with Crippen LogP contribution in [-0.4, -0.2) is 25.3 Å². The molecule has 1 fully saturated rings. The van der Waals surface area contributed by atoms with Crippen molar-refractivity contribution >= 4 is 11.8 Å². The molecule has 5 nitrogen and oxygen atoms in total. The van der Waals surface area contributed by atoms with Crippen LogP contribution < -0.4 is 15.8 Å². The molecule has 0 radical (unpaired) electrons. The quantitative estimate of drug-likeness (QED) is 0.894. The van der Waals surface area contributed by atoms with Gasteiger partial charge in [0.25, 0.3) is 0 Å². The third-order valence-corrected chi connectivity index (χ3v) is 3.50. The molecule has 21 heavy (non-hydrogen) atoms. The van der Waals surface area contributed by atoms with E-state index >= 15 is 0 Å². The third-order valence-electron chi connectivity index (χ3n) is 3.50. The smallest absolute Gasteiger partial charge is 0.412 e. The van der Waals surface area contributed by atoms with E-state index in [1.54, 1.807) is 7.11 Å². The highest BCUT2D eigenvalue weighted by atomic mass is 16.6. The summed E-state index contributed by atoms with van der Waals surface area (Å²) in [5, 5.41) is 2.72. The first kappa shape index (κ1) is 15.6. The Morgan fingerprint density at radius 3 is 2.67 bits per heavy atom. The molecule has 5 heteroatoms. The number of hydrogen-bond acceptors (Lipinski definition) is 4. The molecule has 2 atom stereocenters. The highest BCUT2D eigenvalue weighted by Crippen LogP contribution is 2.50. The summed E-state index contributed by atoms with van der Waals surface area (Å²) in [7, 11) is 1.63. The Labute approximate surface area is 125 Å². The van der Waals surface area contributed by atoms with Crippen molar-refractivity contribution in [1.82, 2.24) is 0 Å². The SMILES string of the molecule is COc1cc(NC(=O)OC(C)(C)C)ccc1C1CC1CN. The predicted molar refractivity (Wildman–Crippen MR) is 82.8 cm³/mol. The zero-order valence-corrected chi connectivity index (χ0v) is 13.1. The van der Waals surface area contributed by atoms with E-state index in [0.717, 1.165) is 17.7 Å². The minimum Gasteiger partial charge on any atom is -0.496 e. The summed E-state index contributed by atoms with van der Waals surface area (Å²) >= 11 is 0. The van der Waals surface area contributed by atoms with Gasteiger partial charge in [0, 0.05) is 11.8 Å². The summed E-state index contributed by atoms with van der Waals surface area (Å²) in [4.78, 5) is 11.8. The number of ether oxygens (including phenoxy) is 2. The summed E-state index contributed by atoms with van der Waals surface area (Å²) in [6.45, 7) is 6.19. The molecule has 1 aliphatic carbocycles. The van der Waals surface area contributed by atoms with Crippen LogP contribution in [0.5, 0.6) is 5.75 Å². The molecule has 2 rings (SSSR count). The summed E-state index contributed by atoms with van der Waals surface area (Å²) in [6, 6.07) is 5.69. The van der Waals surface area contributed by atoms with Gasteiger partial charge in [-0.25, -0.2) is 4.79 Å². The van der Waals surface area contributed by atoms with Crippen molar-refractivity contribution in [3.8, 4) is 5.75 Å². The number of anilines is 1. The van der Waals surface area contributed by atoms with E-state index in [0.29, 0.717) is 24.1 Å². The van der Waals surface area contributed by atoms with Crippen LogP contribution in [0.3, 0.4) is 0 Å². The van der Waals surface area contributed by atoms with Crippen molar-refractivity contribution in [2.24, 2.45) is 11.7 Å². The average molecular weight is 292 g/mol. The highest BCUT2D eigenvalue weighted by molar-refractivity contribution is 5.85. The number of carbonyl (C=O) groups is 1. The molecule has 0 heterocycles. The molecule has 1 aromatic rings. The second-order valence-electron chi connectivity index (χ2n) is 6.42. The summed E-state index contributed by atoms with van der Waals surface area (Å²) in [5.41, 5.74) is 6.99. The number of methoxy groups -OCH3 is 1. The molecule has 116 valence electrons. The fourth-order valence-corrected chi connectivity index (χ4v) is 2.41. The van der Waals surface area contributed by atoms with Crippen molar-refractivity contribution in [2.45, 2.75) is 38.7 Å². The van der Waals surface area contributed by atoms with Crippen LogP contribution in [0.4, 0.5) is 10.5 Å². The van der Waals surface area contributed by atoms with Gasteiger partial charge < -0.3 is 15.2 Å². The Morgan fingerprint density at radius 1 is 1.43 bits per heavy atom. The first-order chi connectivity index (χ1) is 9.84. The standard InChI is InChI=1S/C16H24N2O3/c1-16(2,3)21-15(19)18-11-5-6-12(14(8-11)20-4)13-7-10(13)9-17/h5-6,8,10,13H,7,9,17H2,1-4H3,(H,18,19). The Kier molecular flexibility index (Phi) is 4.42. The van der Waals surface area contributed by atoms with Crippen molar-refractivity contribution in [1.29, 1.82) is 0 Å². The Hall–Kier alpha value is -1.75. The first-order valence-electron chi connectivity index (χ1n) is 7.22. The van der Waals surface area contributed by atoms with Gasteiger partial charge in [-0.05, 0) is 57.2 Å². The van der Waals surface area contributed by atoms with Gasteiger partial charge >= 0.3 is 6.09 Å². The van der Waals surface area contributed by atoms with E-state index in [9.17, 15) is 4.79 Å². The Balaban J connectivity index is 2.07. The van der Waals surface area contributed by atoms with Crippen LogP contribution in [0.1, 0.15) is 38.7 Å². The van der Waals surface area contributed by atoms with E-state index in [4.69, 9.17) is 15.2 Å². The lowest BCUT2D eigenvalue weighted by atomic mass is 10.1. The normalized spacial score (nSPS) is 20.8. The number of amides is 1. The molecular weight excluding hydrogens is 268 g/mol. The molecule has 0 aliphatic heterocycles. The average Bonchev–Trinajstić information content (AvgIpc) is 3.15. The number of nitrogens with one attached hydrogen (secondary N) is 1. The van der Waals surface area contributed by atoms with Gasteiger partial charge in [0.2, 0.25) is 0 Å². The van der Waals surface area contributed by atoms with E-state index in [2.05, 4.69) is 5.32 Å². The third kappa shape index (κ3) is 4.11. The lowest BCUT2D eigenvalue weighted by Crippen LogP contribution is -2.27. The molecule has 0 saturated heterocycles. The number of rotatable bonds is 4. The van der Waals surface area contributed by atoms with Crippen LogP contribution >= 0.6 is 0 Å². The number of benzene rings is 1. The van der Waals surface area contributed by atoms with E-state index in [1.807, 2.05) is 39.0 Å². The summed E-state index contributed by atoms with van der Waals surface area (Å²) in [6.07, 6.45) is 0.634. The molecule has 1 aromatic carbocycles. The van der Waals surface area contributed by atoms with E-state index in [1.165, 1.54) is 0 Å². The largest absolute Gasteiger partial charge is 0.496 e. The predicted octanol–water partition coefficient (Wildman–Crippen LogP) is 3.10. The van der Waals surface area contributed by atoms with Crippen LogP contribution in [0.15, 0.2) is 18.2 Å². The summed E-state index contributed by atoms with van der Waals surface area (Å²) < 4.78 is 10.7. The molecule has 1 saturated carbocycles. The molecule has 3 N–H and O–H groups in total. The topological polar surface area (TPSA) is 73.6 Å². The number of carbonyl (C=O) groups excluding carboxylic acids is 1. The molecule has 2 unspecified atom stereocenters. The van der Waals surface area contributed by atoms with Crippen molar-refractivity contribution in [2.75, 3.05) is 19.0 Å². The minimum absolute atomic E-state index is 0.469. The zero-order chi connectivity index (χ0) is 15.6. The maximum Gasteiger partial charge on any atom is 0.412 e. The van der Waals surface area contributed by atoms with Crippen LogP contribution in [0.2, 0.25) is 0 Å². The van der Waals surface area contributed by atoms with Gasteiger partial charge in [0.15, 0.2) is 0 Å². The van der Waals surface area contributed by atoms with Gasteiger partial charge in [0.05, 0.1) is 7.11 Å². The second kappa shape index (κ2) is 5.93. The maximum atomic E-state index is 11.8. The van der Waals surface area contributed by atoms with Crippen LogP contribution in [0.25, 0.3) is 0 Å². The fraction of sp³-hybridized carbons (Fsp3) is 0.562. The monoisotopic (exact) mass is 292 g/mol. The lowest BCUT2D eigenvalue weighted by Gasteiger charge is -2.20.